The summed E-state index contributed by atoms with van der Waals surface area (Å²) in [7, 11) is 3.12. The van der Waals surface area contributed by atoms with Gasteiger partial charge >= 0.3 is 11.8 Å². The summed E-state index contributed by atoms with van der Waals surface area (Å²) < 4.78 is 10.7. The minimum atomic E-state index is -0.628. The molecular weight excluding hydrogens is 448 g/mol. The number of aryl methyl sites for hydroxylation is 1. The number of ether oxygens (including phenoxy) is 2. The molecule has 1 heterocycles. The first kappa shape index (κ1) is 24.2. The number of methoxy groups -OCH3 is 2. The summed E-state index contributed by atoms with van der Waals surface area (Å²) in [6.45, 7) is 11.1. The molecule has 1 aliphatic carbocycles. The minimum Gasteiger partial charge on any atom is -0.493 e. The summed E-state index contributed by atoms with van der Waals surface area (Å²) in [5.41, 5.74) is 4.94. The van der Waals surface area contributed by atoms with Gasteiger partial charge in [-0.15, -0.1) is 0 Å². The molecule has 1 fully saturated rings. The van der Waals surface area contributed by atoms with Crippen LogP contribution < -0.4 is 14.4 Å². The normalized spacial score (nSPS) is 18.9. The van der Waals surface area contributed by atoms with E-state index in [2.05, 4.69) is 39.8 Å². The van der Waals surface area contributed by atoms with Crippen LogP contribution in [0.2, 0.25) is 0 Å². The highest BCUT2D eigenvalue weighted by Gasteiger charge is 2.44. The van der Waals surface area contributed by atoms with Gasteiger partial charge in [-0.05, 0) is 83.3 Å². The van der Waals surface area contributed by atoms with E-state index in [1.54, 1.807) is 26.4 Å². The summed E-state index contributed by atoms with van der Waals surface area (Å²) in [5, 5.41) is 0.195. The number of hydrogen-bond donors (Lipinski definition) is 0. The van der Waals surface area contributed by atoms with Gasteiger partial charge in [-0.25, -0.2) is 4.90 Å². The number of carbonyl (C=O) groups is 2. The monoisotopic (exact) mass is 480 g/mol. The SMILES string of the molecule is COc1ccc(CN2C(=O)C(=O)N(c3cc4c(cc3C)C(C)(C)CCC4(C)C)C2=S)cc1OC. The van der Waals surface area contributed by atoms with Crippen molar-refractivity contribution in [1.29, 1.82) is 0 Å². The van der Waals surface area contributed by atoms with E-state index in [0.29, 0.717) is 17.2 Å². The molecule has 6 nitrogen and oxygen atoms in total. The first-order valence-corrected chi connectivity index (χ1v) is 11.9. The zero-order valence-corrected chi connectivity index (χ0v) is 21.8. The number of benzene rings is 2. The standard InChI is InChI=1S/C27H32N2O4S/c1-16-12-18-19(27(4,5)11-10-26(18,2)3)14-20(16)29-24(31)23(30)28(25(29)34)15-17-8-9-21(32-6)22(13-17)33-7/h8-9,12-14H,10-11,15H2,1-7H3. The highest BCUT2D eigenvalue weighted by molar-refractivity contribution is 7.80. The van der Waals surface area contributed by atoms with Crippen LogP contribution in [0.25, 0.3) is 0 Å². The molecule has 34 heavy (non-hydrogen) atoms. The molecule has 0 atom stereocenters. The zero-order chi connectivity index (χ0) is 25.0. The molecule has 0 bridgehead atoms. The Labute approximate surface area is 206 Å². The van der Waals surface area contributed by atoms with Crippen LogP contribution in [0.3, 0.4) is 0 Å². The number of amides is 2. The van der Waals surface area contributed by atoms with Crippen LogP contribution in [0.5, 0.6) is 11.5 Å². The predicted octanol–water partition coefficient (Wildman–Crippen LogP) is 5.02. The minimum absolute atomic E-state index is 0.0267. The smallest absolute Gasteiger partial charge is 0.323 e. The van der Waals surface area contributed by atoms with Crippen LogP contribution in [0.4, 0.5) is 5.69 Å². The lowest BCUT2D eigenvalue weighted by Crippen LogP contribution is -2.36. The summed E-state index contributed by atoms with van der Waals surface area (Å²) in [6.07, 6.45) is 2.16. The van der Waals surface area contributed by atoms with E-state index < -0.39 is 11.8 Å². The molecule has 0 N–H and O–H groups in total. The number of hydrogen-bond acceptors (Lipinski definition) is 5. The molecule has 4 rings (SSSR count). The Kier molecular flexibility index (Phi) is 5.96. The van der Waals surface area contributed by atoms with Crippen molar-refractivity contribution in [3.8, 4) is 11.5 Å². The third kappa shape index (κ3) is 3.86. The zero-order valence-electron chi connectivity index (χ0n) is 20.9. The molecule has 180 valence electrons. The summed E-state index contributed by atoms with van der Waals surface area (Å²) in [6, 6.07) is 9.64. The number of thiocarbonyl (C=S) groups is 1. The van der Waals surface area contributed by atoms with Crippen LogP contribution in [0.1, 0.15) is 62.8 Å². The maximum atomic E-state index is 13.2. The van der Waals surface area contributed by atoms with Crippen LogP contribution in [0, 0.1) is 6.92 Å². The number of fused-ring (bicyclic) bond motifs is 1. The Morgan fingerprint density at radius 1 is 0.882 bits per heavy atom. The van der Waals surface area contributed by atoms with Gasteiger partial charge in [0.15, 0.2) is 16.6 Å². The van der Waals surface area contributed by atoms with Crippen LogP contribution in [0.15, 0.2) is 30.3 Å². The molecule has 1 saturated heterocycles. The Hall–Kier alpha value is -2.93. The second-order valence-corrected chi connectivity index (χ2v) is 10.8. The lowest BCUT2D eigenvalue weighted by molar-refractivity contribution is -0.139. The van der Waals surface area contributed by atoms with Gasteiger partial charge in [-0.3, -0.25) is 14.5 Å². The Morgan fingerprint density at radius 2 is 1.47 bits per heavy atom. The third-order valence-electron chi connectivity index (χ3n) is 7.25. The average Bonchev–Trinajstić information content (AvgIpc) is 3.00. The lowest BCUT2D eigenvalue weighted by atomic mass is 9.63. The lowest BCUT2D eigenvalue weighted by Gasteiger charge is -2.42. The number of rotatable bonds is 5. The van der Waals surface area contributed by atoms with Crippen molar-refractivity contribution in [3.63, 3.8) is 0 Å². The van der Waals surface area contributed by atoms with Crippen LogP contribution >= 0.6 is 12.2 Å². The van der Waals surface area contributed by atoms with Gasteiger partial charge in [0, 0.05) is 0 Å². The first-order valence-electron chi connectivity index (χ1n) is 11.5. The number of nitrogens with zero attached hydrogens (tertiary/aromatic N) is 2. The highest BCUT2D eigenvalue weighted by atomic mass is 32.1. The summed E-state index contributed by atoms with van der Waals surface area (Å²) >= 11 is 5.68. The fourth-order valence-electron chi connectivity index (χ4n) is 4.97. The molecule has 1 aliphatic heterocycles. The van der Waals surface area contributed by atoms with Crippen molar-refractivity contribution in [3.05, 3.63) is 52.6 Å². The van der Waals surface area contributed by atoms with Gasteiger partial charge in [0.1, 0.15) is 0 Å². The van der Waals surface area contributed by atoms with Crippen LogP contribution in [-0.4, -0.2) is 36.0 Å². The van der Waals surface area contributed by atoms with E-state index in [-0.39, 0.29) is 22.5 Å². The molecule has 0 spiro atoms. The predicted molar refractivity (Wildman–Crippen MR) is 137 cm³/mol. The van der Waals surface area contributed by atoms with Crippen molar-refractivity contribution in [2.75, 3.05) is 19.1 Å². The average molecular weight is 481 g/mol. The van der Waals surface area contributed by atoms with E-state index in [9.17, 15) is 9.59 Å². The number of carbonyl (C=O) groups excluding carboxylic acids is 2. The van der Waals surface area contributed by atoms with E-state index in [1.807, 2.05) is 13.0 Å². The summed E-state index contributed by atoms with van der Waals surface area (Å²) in [5.74, 6) is -0.108. The van der Waals surface area contributed by atoms with E-state index in [0.717, 1.165) is 24.0 Å². The molecule has 2 aromatic carbocycles. The molecule has 2 amide bonds. The second kappa shape index (κ2) is 8.38. The topological polar surface area (TPSA) is 59.1 Å². The van der Waals surface area contributed by atoms with Crippen LogP contribution in [-0.2, 0) is 27.0 Å². The van der Waals surface area contributed by atoms with Crippen molar-refractivity contribution >= 4 is 34.8 Å². The maximum absolute atomic E-state index is 13.2. The van der Waals surface area contributed by atoms with Gasteiger partial charge in [-0.1, -0.05) is 39.8 Å². The molecule has 7 heteroatoms. The largest absolute Gasteiger partial charge is 0.493 e. The molecule has 2 aromatic rings. The fraction of sp³-hybridized carbons (Fsp3) is 0.444. The maximum Gasteiger partial charge on any atom is 0.323 e. The van der Waals surface area contributed by atoms with Crippen molar-refractivity contribution in [1.82, 2.24) is 4.90 Å². The first-order chi connectivity index (χ1) is 15.9. The third-order valence-corrected chi connectivity index (χ3v) is 7.66. The molecule has 0 saturated carbocycles. The molecule has 0 unspecified atom stereocenters. The van der Waals surface area contributed by atoms with Gasteiger partial charge in [0.25, 0.3) is 0 Å². The van der Waals surface area contributed by atoms with Crippen molar-refractivity contribution in [2.45, 2.75) is 64.8 Å². The molecule has 0 aromatic heterocycles. The van der Waals surface area contributed by atoms with Gasteiger partial charge in [-0.2, -0.15) is 0 Å². The Morgan fingerprint density at radius 3 is 2.06 bits per heavy atom. The van der Waals surface area contributed by atoms with Gasteiger partial charge in [0.2, 0.25) is 0 Å². The summed E-state index contributed by atoms with van der Waals surface area (Å²) in [4.78, 5) is 28.9. The van der Waals surface area contributed by atoms with E-state index >= 15 is 0 Å². The fourth-order valence-corrected chi connectivity index (χ4v) is 5.30. The second-order valence-electron chi connectivity index (χ2n) is 10.5. The Balaban J connectivity index is 1.71. The Bertz CT molecular complexity index is 1200. The highest BCUT2D eigenvalue weighted by Crippen LogP contribution is 2.48. The molecule has 2 aliphatic rings. The quantitative estimate of drug-likeness (QED) is 0.444. The molecular formula is C27H32N2O4S. The number of anilines is 1. The molecule has 0 radical (unpaired) electrons. The van der Waals surface area contributed by atoms with E-state index in [4.69, 9.17) is 21.7 Å². The van der Waals surface area contributed by atoms with Crippen molar-refractivity contribution in [2.24, 2.45) is 0 Å². The van der Waals surface area contributed by atoms with E-state index in [1.165, 1.54) is 20.9 Å². The van der Waals surface area contributed by atoms with Crippen molar-refractivity contribution < 1.29 is 19.1 Å². The van der Waals surface area contributed by atoms with Gasteiger partial charge < -0.3 is 9.47 Å². The van der Waals surface area contributed by atoms with Gasteiger partial charge in [0.05, 0.1) is 26.5 Å².